The van der Waals surface area contributed by atoms with Crippen LogP contribution in [-0.2, 0) is 16.0 Å². The standard InChI is InChI=1S/C16H22N2O3/c1-16(21,13-7-8-13)11-18-15(20)14(19)17-10-9-12-5-3-2-4-6-12/h2-6,13,21H,7-11H2,1H3,(H,17,19)(H,18,20)/t16-/m0/s1. The van der Waals surface area contributed by atoms with Crippen molar-refractivity contribution >= 4 is 11.8 Å². The zero-order valence-electron chi connectivity index (χ0n) is 12.3. The van der Waals surface area contributed by atoms with Gasteiger partial charge in [-0.05, 0) is 37.7 Å². The first kappa shape index (κ1) is 15.5. The van der Waals surface area contributed by atoms with E-state index < -0.39 is 17.4 Å². The fourth-order valence-electron chi connectivity index (χ4n) is 2.23. The van der Waals surface area contributed by atoms with Gasteiger partial charge in [0.15, 0.2) is 0 Å². The molecule has 5 nitrogen and oxygen atoms in total. The number of aliphatic hydroxyl groups is 1. The number of nitrogens with one attached hydrogen (secondary N) is 2. The van der Waals surface area contributed by atoms with Gasteiger partial charge in [0, 0.05) is 13.1 Å². The maximum Gasteiger partial charge on any atom is 0.309 e. The Balaban J connectivity index is 1.66. The molecule has 0 saturated heterocycles. The number of hydrogen-bond donors (Lipinski definition) is 3. The fourth-order valence-corrected chi connectivity index (χ4v) is 2.23. The maximum absolute atomic E-state index is 11.6. The average Bonchev–Trinajstić information content (AvgIpc) is 3.31. The number of benzene rings is 1. The highest BCUT2D eigenvalue weighted by Crippen LogP contribution is 2.38. The Hall–Kier alpha value is -1.88. The van der Waals surface area contributed by atoms with Crippen LogP contribution in [0, 0.1) is 5.92 Å². The summed E-state index contributed by atoms with van der Waals surface area (Å²) in [6.45, 7) is 2.22. The first-order chi connectivity index (χ1) is 9.99. The molecule has 1 aliphatic rings. The molecular weight excluding hydrogens is 268 g/mol. The van der Waals surface area contributed by atoms with Gasteiger partial charge in [0.25, 0.3) is 0 Å². The van der Waals surface area contributed by atoms with E-state index in [2.05, 4.69) is 10.6 Å². The number of amides is 2. The lowest BCUT2D eigenvalue weighted by Crippen LogP contribution is -2.47. The van der Waals surface area contributed by atoms with Gasteiger partial charge < -0.3 is 15.7 Å². The monoisotopic (exact) mass is 290 g/mol. The van der Waals surface area contributed by atoms with E-state index in [1.165, 1.54) is 0 Å². The van der Waals surface area contributed by atoms with Crippen molar-refractivity contribution in [3.8, 4) is 0 Å². The third kappa shape index (κ3) is 4.86. The molecule has 0 spiro atoms. The minimum absolute atomic E-state index is 0.114. The summed E-state index contributed by atoms with van der Waals surface area (Å²) >= 11 is 0. The first-order valence-corrected chi connectivity index (χ1v) is 7.31. The third-order valence-corrected chi connectivity index (χ3v) is 3.81. The van der Waals surface area contributed by atoms with Crippen molar-refractivity contribution < 1.29 is 14.7 Å². The van der Waals surface area contributed by atoms with Crippen molar-refractivity contribution in [1.29, 1.82) is 0 Å². The molecule has 1 aliphatic carbocycles. The molecule has 1 aromatic rings. The predicted octanol–water partition coefficient (Wildman–Crippen LogP) is 0.623. The third-order valence-electron chi connectivity index (χ3n) is 3.81. The molecule has 0 radical (unpaired) electrons. The highest BCUT2D eigenvalue weighted by molar-refractivity contribution is 6.35. The Morgan fingerprint density at radius 1 is 1.19 bits per heavy atom. The van der Waals surface area contributed by atoms with Crippen LogP contribution in [0.15, 0.2) is 30.3 Å². The summed E-state index contributed by atoms with van der Waals surface area (Å²) < 4.78 is 0. The number of rotatable bonds is 6. The fraction of sp³-hybridized carbons (Fsp3) is 0.500. The van der Waals surface area contributed by atoms with Crippen molar-refractivity contribution in [2.75, 3.05) is 13.1 Å². The van der Waals surface area contributed by atoms with E-state index in [0.717, 1.165) is 18.4 Å². The molecule has 2 rings (SSSR count). The van der Waals surface area contributed by atoms with Crippen LogP contribution in [0.4, 0.5) is 0 Å². The Labute approximate surface area is 124 Å². The second kappa shape index (κ2) is 6.72. The van der Waals surface area contributed by atoms with Crippen molar-refractivity contribution in [2.24, 2.45) is 5.92 Å². The second-order valence-electron chi connectivity index (χ2n) is 5.81. The molecule has 1 fully saturated rings. The maximum atomic E-state index is 11.6. The van der Waals surface area contributed by atoms with Crippen LogP contribution in [0.1, 0.15) is 25.3 Å². The Morgan fingerprint density at radius 2 is 1.81 bits per heavy atom. The zero-order valence-corrected chi connectivity index (χ0v) is 12.3. The van der Waals surface area contributed by atoms with Gasteiger partial charge in [-0.25, -0.2) is 0 Å². The van der Waals surface area contributed by atoms with Gasteiger partial charge in [-0.3, -0.25) is 9.59 Å². The van der Waals surface area contributed by atoms with Crippen LogP contribution in [0.3, 0.4) is 0 Å². The molecule has 1 aromatic carbocycles. The summed E-state index contributed by atoms with van der Waals surface area (Å²) in [5.41, 5.74) is 0.190. The summed E-state index contributed by atoms with van der Waals surface area (Å²) in [6.07, 6.45) is 2.64. The molecule has 0 heterocycles. The number of carbonyl (C=O) groups is 2. The minimum atomic E-state index is -0.917. The summed E-state index contributed by atoms with van der Waals surface area (Å²) in [5.74, 6) is -1.11. The van der Waals surface area contributed by atoms with Gasteiger partial charge in [-0.2, -0.15) is 0 Å². The molecule has 2 amide bonds. The number of hydrogen-bond acceptors (Lipinski definition) is 3. The normalized spacial score (nSPS) is 16.9. The summed E-state index contributed by atoms with van der Waals surface area (Å²) in [7, 11) is 0. The lowest BCUT2D eigenvalue weighted by atomic mass is 10.0. The van der Waals surface area contributed by atoms with Gasteiger partial charge in [0.05, 0.1) is 5.60 Å². The summed E-state index contributed by atoms with van der Waals surface area (Å²) in [5, 5.41) is 15.1. The Kier molecular flexibility index (Phi) is 4.96. The van der Waals surface area contributed by atoms with Crippen LogP contribution in [-0.4, -0.2) is 35.6 Å². The molecule has 21 heavy (non-hydrogen) atoms. The minimum Gasteiger partial charge on any atom is -0.388 e. The summed E-state index contributed by atoms with van der Waals surface area (Å²) in [6, 6.07) is 9.74. The summed E-state index contributed by atoms with van der Waals surface area (Å²) in [4.78, 5) is 23.3. The van der Waals surface area contributed by atoms with Crippen molar-refractivity contribution in [1.82, 2.24) is 10.6 Å². The molecule has 5 heteroatoms. The molecule has 0 aliphatic heterocycles. The molecule has 114 valence electrons. The lowest BCUT2D eigenvalue weighted by molar-refractivity contribution is -0.139. The molecule has 0 unspecified atom stereocenters. The molecule has 3 N–H and O–H groups in total. The smallest absolute Gasteiger partial charge is 0.309 e. The van der Waals surface area contributed by atoms with Gasteiger partial charge >= 0.3 is 11.8 Å². The zero-order chi connectivity index (χ0) is 15.3. The van der Waals surface area contributed by atoms with Crippen LogP contribution >= 0.6 is 0 Å². The SMILES string of the molecule is C[C@](O)(CNC(=O)C(=O)NCCc1ccccc1)C1CC1. The van der Waals surface area contributed by atoms with Crippen LogP contribution in [0.25, 0.3) is 0 Å². The van der Waals surface area contributed by atoms with E-state index in [-0.39, 0.29) is 12.5 Å². The topological polar surface area (TPSA) is 78.4 Å². The number of carbonyl (C=O) groups excluding carboxylic acids is 2. The van der Waals surface area contributed by atoms with E-state index >= 15 is 0 Å². The van der Waals surface area contributed by atoms with E-state index in [0.29, 0.717) is 13.0 Å². The first-order valence-electron chi connectivity index (χ1n) is 7.31. The van der Waals surface area contributed by atoms with E-state index in [1.54, 1.807) is 6.92 Å². The average molecular weight is 290 g/mol. The van der Waals surface area contributed by atoms with Gasteiger partial charge in [-0.1, -0.05) is 30.3 Å². The Bertz CT molecular complexity index is 496. The van der Waals surface area contributed by atoms with E-state index in [9.17, 15) is 14.7 Å². The molecule has 0 bridgehead atoms. The largest absolute Gasteiger partial charge is 0.388 e. The molecule has 1 atom stereocenters. The lowest BCUT2D eigenvalue weighted by Gasteiger charge is -2.22. The second-order valence-corrected chi connectivity index (χ2v) is 5.81. The Morgan fingerprint density at radius 3 is 2.43 bits per heavy atom. The molecular formula is C16H22N2O3. The van der Waals surface area contributed by atoms with Gasteiger partial charge in [0.1, 0.15) is 0 Å². The van der Waals surface area contributed by atoms with E-state index in [1.807, 2.05) is 30.3 Å². The highest BCUT2D eigenvalue weighted by Gasteiger charge is 2.40. The van der Waals surface area contributed by atoms with Crippen LogP contribution in [0.2, 0.25) is 0 Å². The molecule has 1 saturated carbocycles. The van der Waals surface area contributed by atoms with Crippen LogP contribution < -0.4 is 10.6 Å². The molecule has 0 aromatic heterocycles. The van der Waals surface area contributed by atoms with Crippen molar-refractivity contribution in [3.63, 3.8) is 0 Å². The van der Waals surface area contributed by atoms with Crippen molar-refractivity contribution in [3.05, 3.63) is 35.9 Å². The van der Waals surface area contributed by atoms with E-state index in [4.69, 9.17) is 0 Å². The van der Waals surface area contributed by atoms with Crippen LogP contribution in [0.5, 0.6) is 0 Å². The highest BCUT2D eigenvalue weighted by atomic mass is 16.3. The van der Waals surface area contributed by atoms with Crippen molar-refractivity contribution in [2.45, 2.75) is 31.8 Å². The van der Waals surface area contributed by atoms with Gasteiger partial charge in [-0.15, -0.1) is 0 Å². The quantitative estimate of drug-likeness (QED) is 0.672. The predicted molar refractivity (Wildman–Crippen MR) is 79.5 cm³/mol. The van der Waals surface area contributed by atoms with Gasteiger partial charge in [0.2, 0.25) is 0 Å².